The second kappa shape index (κ2) is 7.68. The van der Waals surface area contributed by atoms with Crippen LogP contribution < -0.4 is 11.1 Å². The lowest BCUT2D eigenvalue weighted by Crippen LogP contribution is -2.52. The molecule has 2 aliphatic heterocycles. The maximum Gasteiger partial charge on any atom is 0.407 e. The summed E-state index contributed by atoms with van der Waals surface area (Å²) in [4.78, 5) is 49.7. The van der Waals surface area contributed by atoms with E-state index >= 15 is 0 Å². The van der Waals surface area contributed by atoms with Crippen molar-refractivity contribution in [1.29, 1.82) is 0 Å². The molecule has 0 spiro atoms. The number of carbonyl (C=O) groups is 4. The van der Waals surface area contributed by atoms with Crippen molar-refractivity contribution in [3.8, 4) is 0 Å². The van der Waals surface area contributed by atoms with Crippen LogP contribution in [0.25, 0.3) is 0 Å². The number of carbonyl (C=O) groups excluding carboxylic acids is 3. The SMILES string of the molecule is C[C@@H](O)[C@H](NC(=O)C1CCN(C(=O)C2CCN(C(=O)O)C2)C1)C(N)=O. The first-order chi connectivity index (χ1) is 11.7. The second-order valence-electron chi connectivity index (χ2n) is 6.61. The van der Waals surface area contributed by atoms with Gasteiger partial charge in [0, 0.05) is 26.2 Å². The summed E-state index contributed by atoms with van der Waals surface area (Å²) in [5, 5.41) is 20.9. The quantitative estimate of drug-likeness (QED) is 0.455. The number of nitrogens with two attached hydrogens (primary N) is 1. The largest absolute Gasteiger partial charge is 0.465 e. The average Bonchev–Trinajstić information content (AvgIpc) is 3.20. The van der Waals surface area contributed by atoms with Crippen molar-refractivity contribution in [2.24, 2.45) is 17.6 Å². The Morgan fingerprint density at radius 2 is 1.64 bits per heavy atom. The zero-order valence-electron chi connectivity index (χ0n) is 14.1. The van der Waals surface area contributed by atoms with E-state index in [1.807, 2.05) is 0 Å². The molecule has 4 amide bonds. The van der Waals surface area contributed by atoms with Gasteiger partial charge in [0.1, 0.15) is 6.04 Å². The lowest BCUT2D eigenvalue weighted by atomic mass is 10.1. The van der Waals surface area contributed by atoms with Gasteiger partial charge in [-0.05, 0) is 19.8 Å². The van der Waals surface area contributed by atoms with Crippen LogP contribution in [0.5, 0.6) is 0 Å². The van der Waals surface area contributed by atoms with Gasteiger partial charge >= 0.3 is 6.09 Å². The van der Waals surface area contributed by atoms with Gasteiger partial charge in [0.15, 0.2) is 0 Å². The van der Waals surface area contributed by atoms with Gasteiger partial charge in [-0.2, -0.15) is 0 Å². The standard InChI is InChI=1S/C15H24N4O6/c1-8(20)11(12(16)21)17-13(22)9-2-4-18(6-9)14(23)10-3-5-19(7-10)15(24)25/h8-11,20H,2-7H2,1H3,(H2,16,21)(H,17,22)(H,24,25)/t8-,9?,10?,11+/m1/s1. The molecule has 25 heavy (non-hydrogen) atoms. The van der Waals surface area contributed by atoms with Gasteiger partial charge in [-0.15, -0.1) is 0 Å². The highest BCUT2D eigenvalue weighted by Crippen LogP contribution is 2.24. The molecule has 0 bridgehead atoms. The maximum atomic E-state index is 12.5. The molecule has 0 saturated carbocycles. The van der Waals surface area contributed by atoms with Crippen LogP contribution in [0.2, 0.25) is 0 Å². The highest BCUT2D eigenvalue weighted by Gasteiger charge is 2.38. The number of nitrogens with one attached hydrogen (secondary N) is 1. The van der Waals surface area contributed by atoms with Crippen LogP contribution in [0.4, 0.5) is 4.79 Å². The maximum absolute atomic E-state index is 12.5. The fraction of sp³-hybridized carbons (Fsp3) is 0.733. The van der Waals surface area contributed by atoms with Crippen LogP contribution in [0.1, 0.15) is 19.8 Å². The summed E-state index contributed by atoms with van der Waals surface area (Å²) in [5.41, 5.74) is 5.15. The van der Waals surface area contributed by atoms with Gasteiger partial charge in [0.2, 0.25) is 17.7 Å². The molecule has 0 aliphatic carbocycles. The van der Waals surface area contributed by atoms with Gasteiger partial charge in [-0.3, -0.25) is 14.4 Å². The molecule has 2 unspecified atom stereocenters. The van der Waals surface area contributed by atoms with E-state index in [2.05, 4.69) is 5.32 Å². The Balaban J connectivity index is 1.88. The second-order valence-corrected chi connectivity index (χ2v) is 6.61. The minimum atomic E-state index is -1.17. The molecular formula is C15H24N4O6. The number of carboxylic acid groups (broad SMARTS) is 1. The number of hydrogen-bond donors (Lipinski definition) is 4. The number of amides is 4. The number of hydrogen-bond acceptors (Lipinski definition) is 5. The summed E-state index contributed by atoms with van der Waals surface area (Å²) in [6.07, 6.45) is -1.23. The van der Waals surface area contributed by atoms with Gasteiger partial charge in [-0.25, -0.2) is 4.79 Å². The van der Waals surface area contributed by atoms with Crippen molar-refractivity contribution in [2.45, 2.75) is 31.9 Å². The highest BCUT2D eigenvalue weighted by molar-refractivity contribution is 5.89. The van der Waals surface area contributed by atoms with E-state index in [0.717, 1.165) is 0 Å². The van der Waals surface area contributed by atoms with Crippen LogP contribution in [-0.4, -0.2) is 82.2 Å². The Labute approximate surface area is 144 Å². The third-order valence-electron chi connectivity index (χ3n) is 4.77. The van der Waals surface area contributed by atoms with Crippen LogP contribution in [0.15, 0.2) is 0 Å². The van der Waals surface area contributed by atoms with E-state index in [1.54, 1.807) is 4.90 Å². The zero-order valence-corrected chi connectivity index (χ0v) is 14.1. The number of aliphatic hydroxyl groups is 1. The van der Waals surface area contributed by atoms with Crippen LogP contribution in [-0.2, 0) is 14.4 Å². The van der Waals surface area contributed by atoms with E-state index in [1.165, 1.54) is 11.8 Å². The van der Waals surface area contributed by atoms with Crippen molar-refractivity contribution in [3.63, 3.8) is 0 Å². The average molecular weight is 356 g/mol. The molecule has 2 heterocycles. The fourth-order valence-corrected chi connectivity index (χ4v) is 3.27. The van der Waals surface area contributed by atoms with Crippen LogP contribution >= 0.6 is 0 Å². The molecule has 2 aliphatic rings. The predicted octanol–water partition coefficient (Wildman–Crippen LogP) is -1.81. The first-order valence-corrected chi connectivity index (χ1v) is 8.25. The smallest absolute Gasteiger partial charge is 0.407 e. The molecule has 0 aromatic carbocycles. The zero-order chi connectivity index (χ0) is 18.7. The van der Waals surface area contributed by atoms with E-state index in [9.17, 15) is 24.3 Å². The molecule has 2 saturated heterocycles. The molecule has 10 heteroatoms. The van der Waals surface area contributed by atoms with E-state index in [-0.39, 0.29) is 24.9 Å². The minimum absolute atomic E-state index is 0.152. The number of primary amides is 1. The molecule has 5 N–H and O–H groups in total. The summed E-state index contributed by atoms with van der Waals surface area (Å²) in [7, 11) is 0. The number of likely N-dealkylation sites (tertiary alicyclic amines) is 2. The molecule has 2 rings (SSSR count). The van der Waals surface area contributed by atoms with Crippen molar-refractivity contribution in [1.82, 2.24) is 15.1 Å². The van der Waals surface area contributed by atoms with Crippen molar-refractivity contribution in [2.75, 3.05) is 26.2 Å². The van der Waals surface area contributed by atoms with E-state index in [0.29, 0.717) is 25.9 Å². The summed E-state index contributed by atoms with van der Waals surface area (Å²) in [6, 6.07) is -1.17. The first-order valence-electron chi connectivity index (χ1n) is 8.25. The third kappa shape index (κ3) is 4.38. The molecule has 0 aromatic rings. The molecule has 4 atom stereocenters. The molecule has 0 radical (unpaired) electrons. The van der Waals surface area contributed by atoms with E-state index in [4.69, 9.17) is 10.8 Å². The fourth-order valence-electron chi connectivity index (χ4n) is 3.27. The number of aliphatic hydroxyl groups excluding tert-OH is 1. The van der Waals surface area contributed by atoms with Crippen molar-refractivity contribution < 1.29 is 29.4 Å². The first kappa shape index (κ1) is 19.0. The van der Waals surface area contributed by atoms with Crippen molar-refractivity contribution in [3.05, 3.63) is 0 Å². The highest BCUT2D eigenvalue weighted by atomic mass is 16.4. The van der Waals surface area contributed by atoms with E-state index < -0.39 is 36.0 Å². The predicted molar refractivity (Wildman–Crippen MR) is 85.2 cm³/mol. The Morgan fingerprint density at radius 3 is 2.16 bits per heavy atom. The third-order valence-corrected chi connectivity index (χ3v) is 4.77. The van der Waals surface area contributed by atoms with Gasteiger partial charge in [-0.1, -0.05) is 0 Å². The molecular weight excluding hydrogens is 332 g/mol. The van der Waals surface area contributed by atoms with Gasteiger partial charge < -0.3 is 31.1 Å². The summed E-state index contributed by atoms with van der Waals surface area (Å²) in [6.45, 7) is 2.47. The summed E-state index contributed by atoms with van der Waals surface area (Å²) >= 11 is 0. The Bertz CT molecular complexity index is 566. The van der Waals surface area contributed by atoms with Crippen LogP contribution in [0.3, 0.4) is 0 Å². The number of rotatable bonds is 5. The Kier molecular flexibility index (Phi) is 5.83. The summed E-state index contributed by atoms with van der Waals surface area (Å²) in [5.74, 6) is -2.27. The summed E-state index contributed by atoms with van der Waals surface area (Å²) < 4.78 is 0. The van der Waals surface area contributed by atoms with Gasteiger partial charge in [0.05, 0.1) is 17.9 Å². The normalized spacial score (nSPS) is 25.5. The Hall–Kier alpha value is -2.36. The topological polar surface area (TPSA) is 153 Å². The van der Waals surface area contributed by atoms with Gasteiger partial charge in [0.25, 0.3) is 0 Å². The Morgan fingerprint density at radius 1 is 1.08 bits per heavy atom. The lowest BCUT2D eigenvalue weighted by molar-refractivity contribution is -0.135. The molecule has 0 aromatic heterocycles. The monoisotopic (exact) mass is 356 g/mol. The molecule has 10 nitrogen and oxygen atoms in total. The molecule has 2 fully saturated rings. The van der Waals surface area contributed by atoms with Crippen LogP contribution in [0, 0.1) is 11.8 Å². The number of nitrogens with zero attached hydrogens (tertiary/aromatic N) is 2. The lowest BCUT2D eigenvalue weighted by Gasteiger charge is -2.22. The molecule has 140 valence electrons. The van der Waals surface area contributed by atoms with Crippen molar-refractivity contribution >= 4 is 23.8 Å². The minimum Gasteiger partial charge on any atom is -0.465 e.